The zero-order valence-electron chi connectivity index (χ0n) is 17.6. The molecule has 1 aliphatic heterocycles. The van der Waals surface area contributed by atoms with Gasteiger partial charge < -0.3 is 24.2 Å². The lowest BCUT2D eigenvalue weighted by Gasteiger charge is -2.27. The molecular weight excluding hydrogens is 434 g/mol. The summed E-state index contributed by atoms with van der Waals surface area (Å²) in [6, 6.07) is 10.1. The lowest BCUT2D eigenvalue weighted by atomic mass is 9.97. The standard InChI is InChI=1S/C24H24ClNO6/c1-3-12-26(21(27)10-11-22(28)30-4-2)19-9-8-16(25)15-18(19)23(29)17-6-5-7-20-24(17)32-14-13-31-20/h3,5-11,15,23,29H,1,4,12-14H2,2H3/b11-10+. The first-order chi connectivity index (χ1) is 15.5. The number of carbonyl (C=O) groups is 2. The maximum absolute atomic E-state index is 12.9. The minimum Gasteiger partial charge on any atom is -0.486 e. The summed E-state index contributed by atoms with van der Waals surface area (Å²) in [4.78, 5) is 25.9. The van der Waals surface area contributed by atoms with Gasteiger partial charge in [0.25, 0.3) is 5.91 Å². The molecular formula is C24H24ClNO6. The molecule has 2 aromatic rings. The van der Waals surface area contributed by atoms with Crippen molar-refractivity contribution >= 4 is 29.2 Å². The molecule has 0 saturated heterocycles. The van der Waals surface area contributed by atoms with Gasteiger partial charge in [0, 0.05) is 34.8 Å². The lowest BCUT2D eigenvalue weighted by Crippen LogP contribution is -2.31. The third kappa shape index (κ3) is 5.30. The Bertz CT molecular complexity index is 1040. The van der Waals surface area contributed by atoms with Gasteiger partial charge in [-0.3, -0.25) is 4.79 Å². The molecule has 0 radical (unpaired) electrons. The molecule has 32 heavy (non-hydrogen) atoms. The van der Waals surface area contributed by atoms with E-state index in [4.69, 9.17) is 25.8 Å². The maximum atomic E-state index is 12.9. The molecule has 1 amide bonds. The van der Waals surface area contributed by atoms with Gasteiger partial charge in [-0.25, -0.2) is 4.79 Å². The van der Waals surface area contributed by atoms with Crippen molar-refractivity contribution in [1.29, 1.82) is 0 Å². The minimum absolute atomic E-state index is 0.139. The van der Waals surface area contributed by atoms with Crippen LogP contribution in [0.15, 0.2) is 61.2 Å². The molecule has 0 spiro atoms. The van der Waals surface area contributed by atoms with Crippen LogP contribution < -0.4 is 14.4 Å². The third-order valence-corrected chi connectivity index (χ3v) is 4.93. The Balaban J connectivity index is 2.01. The Morgan fingerprint density at radius 1 is 1.22 bits per heavy atom. The highest BCUT2D eigenvalue weighted by molar-refractivity contribution is 6.30. The average molecular weight is 458 g/mol. The van der Waals surface area contributed by atoms with Gasteiger partial charge in [0.05, 0.1) is 12.3 Å². The van der Waals surface area contributed by atoms with Gasteiger partial charge >= 0.3 is 5.97 Å². The van der Waals surface area contributed by atoms with E-state index in [0.717, 1.165) is 12.2 Å². The largest absolute Gasteiger partial charge is 0.486 e. The summed E-state index contributed by atoms with van der Waals surface area (Å²) in [6.07, 6.45) is 2.57. The second-order valence-electron chi connectivity index (χ2n) is 6.80. The number of anilines is 1. The third-order valence-electron chi connectivity index (χ3n) is 4.69. The van der Waals surface area contributed by atoms with Crippen LogP contribution in [0.25, 0.3) is 0 Å². The van der Waals surface area contributed by atoms with Crippen molar-refractivity contribution in [3.63, 3.8) is 0 Å². The number of hydrogen-bond donors (Lipinski definition) is 1. The molecule has 0 fully saturated rings. The predicted octanol–water partition coefficient (Wildman–Crippen LogP) is 3.83. The molecule has 0 aliphatic carbocycles. The van der Waals surface area contributed by atoms with Crippen LogP contribution in [0, 0.1) is 0 Å². The SMILES string of the molecule is C=CCN(C(=O)/C=C/C(=O)OCC)c1ccc(Cl)cc1C(O)c1cccc2c1OCCO2. The predicted molar refractivity (Wildman–Crippen MR) is 121 cm³/mol. The van der Waals surface area contributed by atoms with E-state index in [1.807, 2.05) is 0 Å². The van der Waals surface area contributed by atoms with Crippen LogP contribution in [0.2, 0.25) is 5.02 Å². The van der Waals surface area contributed by atoms with Gasteiger partial charge in [-0.2, -0.15) is 0 Å². The lowest BCUT2D eigenvalue weighted by molar-refractivity contribution is -0.137. The molecule has 0 saturated carbocycles. The molecule has 0 aromatic heterocycles. The van der Waals surface area contributed by atoms with Crippen molar-refractivity contribution in [3.8, 4) is 11.5 Å². The number of esters is 1. The van der Waals surface area contributed by atoms with Gasteiger partial charge in [0.1, 0.15) is 19.3 Å². The fraction of sp³-hybridized carbons (Fsp3) is 0.250. The summed E-state index contributed by atoms with van der Waals surface area (Å²) in [5.41, 5.74) is 1.29. The number of ether oxygens (including phenoxy) is 3. The van der Waals surface area contributed by atoms with E-state index in [9.17, 15) is 14.7 Å². The number of fused-ring (bicyclic) bond motifs is 1. The molecule has 168 valence electrons. The van der Waals surface area contributed by atoms with Crippen molar-refractivity contribution in [1.82, 2.24) is 0 Å². The Morgan fingerprint density at radius 3 is 2.75 bits per heavy atom. The molecule has 2 aromatic carbocycles. The number of para-hydroxylation sites is 1. The van der Waals surface area contributed by atoms with Gasteiger partial charge in [-0.05, 0) is 31.2 Å². The number of carbonyl (C=O) groups excluding carboxylic acids is 2. The Hall–Kier alpha value is -3.29. The van der Waals surface area contributed by atoms with Crippen molar-refractivity contribution < 1.29 is 28.9 Å². The topological polar surface area (TPSA) is 85.3 Å². The molecule has 7 nitrogen and oxygen atoms in total. The van der Waals surface area contributed by atoms with E-state index in [1.165, 1.54) is 4.90 Å². The number of rotatable bonds is 8. The van der Waals surface area contributed by atoms with Crippen LogP contribution in [0.5, 0.6) is 11.5 Å². The smallest absolute Gasteiger partial charge is 0.330 e. The zero-order valence-corrected chi connectivity index (χ0v) is 18.4. The van der Waals surface area contributed by atoms with Crippen molar-refractivity contribution in [2.75, 3.05) is 31.3 Å². The highest BCUT2D eigenvalue weighted by Gasteiger charge is 2.26. The average Bonchev–Trinajstić information content (AvgIpc) is 2.80. The van der Waals surface area contributed by atoms with Crippen LogP contribution in [0.4, 0.5) is 5.69 Å². The van der Waals surface area contributed by atoms with Crippen LogP contribution in [0.3, 0.4) is 0 Å². The fourth-order valence-corrected chi connectivity index (χ4v) is 3.51. The van der Waals surface area contributed by atoms with E-state index in [2.05, 4.69) is 6.58 Å². The number of amides is 1. The highest BCUT2D eigenvalue weighted by atomic mass is 35.5. The van der Waals surface area contributed by atoms with E-state index >= 15 is 0 Å². The first kappa shape index (κ1) is 23.4. The number of benzene rings is 2. The summed E-state index contributed by atoms with van der Waals surface area (Å²) in [6.45, 7) is 6.50. The van der Waals surface area contributed by atoms with E-state index in [0.29, 0.717) is 46.5 Å². The Morgan fingerprint density at radius 2 is 2.00 bits per heavy atom. The Labute approximate surface area is 191 Å². The van der Waals surface area contributed by atoms with Crippen LogP contribution in [-0.4, -0.2) is 43.3 Å². The minimum atomic E-state index is -1.16. The normalized spacial score (nSPS) is 13.5. The number of halogens is 1. The first-order valence-electron chi connectivity index (χ1n) is 10.1. The second-order valence-corrected chi connectivity index (χ2v) is 7.24. The number of aliphatic hydroxyl groups is 1. The number of nitrogens with zero attached hydrogens (tertiary/aromatic N) is 1. The monoisotopic (exact) mass is 457 g/mol. The summed E-state index contributed by atoms with van der Waals surface area (Å²) >= 11 is 6.22. The molecule has 1 unspecified atom stereocenters. The van der Waals surface area contributed by atoms with E-state index < -0.39 is 18.0 Å². The molecule has 1 N–H and O–H groups in total. The van der Waals surface area contributed by atoms with Crippen LogP contribution in [0.1, 0.15) is 24.2 Å². The van der Waals surface area contributed by atoms with Crippen molar-refractivity contribution in [3.05, 3.63) is 77.4 Å². The van der Waals surface area contributed by atoms with Crippen LogP contribution >= 0.6 is 11.6 Å². The summed E-state index contributed by atoms with van der Waals surface area (Å²) < 4.78 is 16.2. The molecule has 0 bridgehead atoms. The number of aliphatic hydroxyl groups excluding tert-OH is 1. The van der Waals surface area contributed by atoms with Crippen LogP contribution in [-0.2, 0) is 14.3 Å². The summed E-state index contributed by atoms with van der Waals surface area (Å²) in [5, 5.41) is 11.7. The van der Waals surface area contributed by atoms with E-state index in [1.54, 1.807) is 49.4 Å². The van der Waals surface area contributed by atoms with Gasteiger partial charge in [0.15, 0.2) is 11.5 Å². The molecule has 1 heterocycles. The molecule has 8 heteroatoms. The second kappa shape index (κ2) is 10.8. The number of hydrogen-bond acceptors (Lipinski definition) is 6. The zero-order chi connectivity index (χ0) is 23.1. The fourth-order valence-electron chi connectivity index (χ4n) is 3.33. The molecule has 3 rings (SSSR count). The van der Waals surface area contributed by atoms with Gasteiger partial charge in [-0.15, -0.1) is 6.58 Å². The maximum Gasteiger partial charge on any atom is 0.330 e. The van der Waals surface area contributed by atoms with Gasteiger partial charge in [0.2, 0.25) is 0 Å². The van der Waals surface area contributed by atoms with E-state index in [-0.39, 0.29) is 13.2 Å². The molecule has 1 atom stereocenters. The quantitative estimate of drug-likeness (QED) is 0.368. The van der Waals surface area contributed by atoms with Crippen molar-refractivity contribution in [2.45, 2.75) is 13.0 Å². The summed E-state index contributed by atoms with van der Waals surface area (Å²) in [7, 11) is 0. The highest BCUT2D eigenvalue weighted by Crippen LogP contribution is 2.41. The Kier molecular flexibility index (Phi) is 7.92. The molecule has 1 aliphatic rings. The summed E-state index contributed by atoms with van der Waals surface area (Å²) in [5.74, 6) is -0.124. The van der Waals surface area contributed by atoms with Gasteiger partial charge in [-0.1, -0.05) is 29.8 Å². The van der Waals surface area contributed by atoms with Crippen molar-refractivity contribution in [2.24, 2.45) is 0 Å². The first-order valence-corrected chi connectivity index (χ1v) is 10.5.